The van der Waals surface area contributed by atoms with Gasteiger partial charge in [0.1, 0.15) is 18.4 Å². The van der Waals surface area contributed by atoms with E-state index in [1.165, 1.54) is 23.1 Å². The van der Waals surface area contributed by atoms with Crippen LogP contribution in [-0.4, -0.2) is 50.0 Å². The SMILES string of the molecule is CS(=O)(=O)N(CC(=O)N(Cc1cccc(Cl)c1)[C@@H](Cc1ccccc1)C(=O)NC1CCCC1)c1cccc(F)c1. The Morgan fingerprint density at radius 1 is 0.975 bits per heavy atom. The van der Waals surface area contributed by atoms with Gasteiger partial charge in [-0.25, -0.2) is 12.8 Å². The Hall–Kier alpha value is -3.43. The Balaban J connectivity index is 1.72. The monoisotopic (exact) mass is 585 g/mol. The average Bonchev–Trinajstić information content (AvgIpc) is 3.42. The van der Waals surface area contributed by atoms with Crippen LogP contribution < -0.4 is 9.62 Å². The van der Waals surface area contributed by atoms with Gasteiger partial charge in [0.05, 0.1) is 11.9 Å². The van der Waals surface area contributed by atoms with Crippen LogP contribution in [0.15, 0.2) is 78.9 Å². The van der Waals surface area contributed by atoms with E-state index in [9.17, 15) is 22.4 Å². The molecule has 4 rings (SSSR count). The molecule has 10 heteroatoms. The van der Waals surface area contributed by atoms with E-state index < -0.39 is 34.3 Å². The molecule has 40 heavy (non-hydrogen) atoms. The Kier molecular flexibility index (Phi) is 9.81. The van der Waals surface area contributed by atoms with E-state index in [0.29, 0.717) is 10.6 Å². The lowest BCUT2D eigenvalue weighted by atomic mass is 10.0. The lowest BCUT2D eigenvalue weighted by Crippen LogP contribution is -2.54. The maximum Gasteiger partial charge on any atom is 0.244 e. The molecule has 0 unspecified atom stereocenters. The smallest absolute Gasteiger partial charge is 0.244 e. The quantitative estimate of drug-likeness (QED) is 0.345. The highest BCUT2D eigenvalue weighted by Crippen LogP contribution is 2.23. The van der Waals surface area contributed by atoms with Crippen molar-refractivity contribution in [1.82, 2.24) is 10.2 Å². The largest absolute Gasteiger partial charge is 0.352 e. The van der Waals surface area contributed by atoms with Crippen LogP contribution in [0, 0.1) is 5.82 Å². The molecule has 0 aromatic heterocycles. The molecule has 7 nitrogen and oxygen atoms in total. The number of sulfonamides is 1. The first-order valence-electron chi connectivity index (χ1n) is 13.2. The fraction of sp³-hybridized carbons (Fsp3) is 0.333. The Labute approximate surface area is 240 Å². The van der Waals surface area contributed by atoms with Crippen molar-refractivity contribution in [3.05, 3.63) is 101 Å². The summed E-state index contributed by atoms with van der Waals surface area (Å²) in [5.74, 6) is -1.53. The van der Waals surface area contributed by atoms with Gasteiger partial charge in [-0.3, -0.25) is 13.9 Å². The van der Waals surface area contributed by atoms with Gasteiger partial charge in [0.2, 0.25) is 21.8 Å². The molecule has 0 radical (unpaired) electrons. The summed E-state index contributed by atoms with van der Waals surface area (Å²) in [6, 6.07) is 20.5. The van der Waals surface area contributed by atoms with Crippen molar-refractivity contribution in [3.8, 4) is 0 Å². The number of rotatable bonds is 11. The summed E-state index contributed by atoms with van der Waals surface area (Å²) in [6.07, 6.45) is 4.97. The van der Waals surface area contributed by atoms with Crippen LogP contribution in [0.2, 0.25) is 5.02 Å². The van der Waals surface area contributed by atoms with E-state index in [0.717, 1.165) is 47.9 Å². The molecule has 212 valence electrons. The molecule has 3 aromatic carbocycles. The van der Waals surface area contributed by atoms with Crippen molar-refractivity contribution in [2.75, 3.05) is 17.1 Å². The number of nitrogens with zero attached hydrogens (tertiary/aromatic N) is 2. The summed E-state index contributed by atoms with van der Waals surface area (Å²) in [4.78, 5) is 29.2. The molecule has 0 spiro atoms. The van der Waals surface area contributed by atoms with Gasteiger partial charge in [-0.15, -0.1) is 0 Å². The van der Waals surface area contributed by atoms with Gasteiger partial charge < -0.3 is 10.2 Å². The molecular weight excluding hydrogens is 553 g/mol. The number of amides is 2. The zero-order valence-corrected chi connectivity index (χ0v) is 23.9. The van der Waals surface area contributed by atoms with E-state index in [1.807, 2.05) is 30.3 Å². The van der Waals surface area contributed by atoms with E-state index in [2.05, 4.69) is 5.32 Å². The first kappa shape index (κ1) is 29.6. The molecular formula is C30H33ClFN3O4S. The molecule has 2 amide bonds. The number of nitrogens with one attached hydrogen (secondary N) is 1. The molecule has 1 saturated carbocycles. The summed E-state index contributed by atoms with van der Waals surface area (Å²) in [5.41, 5.74) is 1.56. The first-order chi connectivity index (χ1) is 19.1. The fourth-order valence-corrected chi connectivity index (χ4v) is 6.05. The third-order valence-electron chi connectivity index (χ3n) is 6.99. The number of carbonyl (C=O) groups is 2. The van der Waals surface area contributed by atoms with Crippen molar-refractivity contribution in [3.63, 3.8) is 0 Å². The Bertz CT molecular complexity index is 1430. The molecule has 1 aliphatic carbocycles. The maximum atomic E-state index is 14.0. The molecule has 1 atom stereocenters. The van der Waals surface area contributed by atoms with Crippen LogP contribution in [0.3, 0.4) is 0 Å². The summed E-state index contributed by atoms with van der Waals surface area (Å²) < 4.78 is 40.4. The minimum absolute atomic E-state index is 0.0218. The molecule has 1 N–H and O–H groups in total. The molecule has 1 aliphatic rings. The first-order valence-corrected chi connectivity index (χ1v) is 15.4. The van der Waals surface area contributed by atoms with Crippen molar-refractivity contribution >= 4 is 39.1 Å². The van der Waals surface area contributed by atoms with E-state index in [4.69, 9.17) is 11.6 Å². The third kappa shape index (κ3) is 8.05. The standard InChI is InChI=1S/C30H33ClFN3O4S/c1-40(38,39)35(27-16-8-13-25(32)19-27)21-29(36)34(20-23-11-7-12-24(31)17-23)28(18-22-9-3-2-4-10-22)30(37)33-26-14-5-6-15-26/h2-4,7-13,16-17,19,26,28H,5-6,14-15,18,20-21H2,1H3,(H,33,37)/t28-/m0/s1. The van der Waals surface area contributed by atoms with E-state index in [1.54, 1.807) is 24.3 Å². The van der Waals surface area contributed by atoms with Gasteiger partial charge in [0, 0.05) is 24.0 Å². The van der Waals surface area contributed by atoms with Gasteiger partial charge in [-0.05, 0) is 54.3 Å². The summed E-state index contributed by atoms with van der Waals surface area (Å²) in [6.45, 7) is -0.583. The normalized spacial score (nSPS) is 14.5. The number of hydrogen-bond acceptors (Lipinski definition) is 4. The number of benzene rings is 3. The van der Waals surface area contributed by atoms with Crippen molar-refractivity contribution in [2.24, 2.45) is 0 Å². The van der Waals surface area contributed by atoms with Crippen LogP contribution in [-0.2, 0) is 32.6 Å². The van der Waals surface area contributed by atoms with Crippen LogP contribution in [0.5, 0.6) is 0 Å². The van der Waals surface area contributed by atoms with Crippen molar-refractivity contribution < 1.29 is 22.4 Å². The minimum Gasteiger partial charge on any atom is -0.352 e. The number of carbonyl (C=O) groups excluding carboxylic acids is 2. The summed E-state index contributed by atoms with van der Waals surface area (Å²) in [7, 11) is -3.97. The van der Waals surface area contributed by atoms with Gasteiger partial charge in [0.25, 0.3) is 0 Å². The number of halogens is 2. The predicted octanol–water partition coefficient (Wildman–Crippen LogP) is 4.94. The Morgan fingerprint density at radius 2 is 1.65 bits per heavy atom. The highest BCUT2D eigenvalue weighted by atomic mass is 35.5. The predicted molar refractivity (Wildman–Crippen MR) is 155 cm³/mol. The molecule has 0 bridgehead atoms. The zero-order valence-electron chi connectivity index (χ0n) is 22.3. The zero-order chi connectivity index (χ0) is 28.7. The summed E-state index contributed by atoms with van der Waals surface area (Å²) in [5, 5.41) is 3.58. The van der Waals surface area contributed by atoms with Gasteiger partial charge in [0.15, 0.2) is 0 Å². The molecule has 1 fully saturated rings. The van der Waals surface area contributed by atoms with Crippen LogP contribution in [0.25, 0.3) is 0 Å². The van der Waals surface area contributed by atoms with Crippen molar-refractivity contribution in [2.45, 2.75) is 50.7 Å². The average molecular weight is 586 g/mol. The van der Waals surface area contributed by atoms with Gasteiger partial charge in [-0.1, -0.05) is 73.0 Å². The highest BCUT2D eigenvalue weighted by Gasteiger charge is 2.34. The molecule has 0 aliphatic heterocycles. The highest BCUT2D eigenvalue weighted by molar-refractivity contribution is 7.92. The summed E-state index contributed by atoms with van der Waals surface area (Å²) >= 11 is 6.23. The lowest BCUT2D eigenvalue weighted by molar-refractivity contribution is -0.140. The van der Waals surface area contributed by atoms with Gasteiger partial charge >= 0.3 is 0 Å². The Morgan fingerprint density at radius 3 is 2.30 bits per heavy atom. The molecule has 0 saturated heterocycles. The fourth-order valence-electron chi connectivity index (χ4n) is 5.00. The second-order valence-corrected chi connectivity index (χ2v) is 12.4. The van der Waals surface area contributed by atoms with Crippen molar-refractivity contribution in [1.29, 1.82) is 0 Å². The topological polar surface area (TPSA) is 86.8 Å². The van der Waals surface area contributed by atoms with Crippen LogP contribution in [0.4, 0.5) is 10.1 Å². The second-order valence-electron chi connectivity index (χ2n) is 10.1. The van der Waals surface area contributed by atoms with E-state index >= 15 is 0 Å². The van der Waals surface area contributed by atoms with Crippen LogP contribution >= 0.6 is 11.6 Å². The molecule has 0 heterocycles. The van der Waals surface area contributed by atoms with Gasteiger partial charge in [-0.2, -0.15) is 0 Å². The van der Waals surface area contributed by atoms with E-state index in [-0.39, 0.29) is 30.6 Å². The lowest BCUT2D eigenvalue weighted by Gasteiger charge is -2.34. The number of hydrogen-bond donors (Lipinski definition) is 1. The maximum absolute atomic E-state index is 14.0. The third-order valence-corrected chi connectivity index (χ3v) is 8.37. The van der Waals surface area contributed by atoms with Crippen LogP contribution in [0.1, 0.15) is 36.8 Å². The molecule has 3 aromatic rings. The second kappa shape index (κ2) is 13.3. The number of anilines is 1. The minimum atomic E-state index is -3.97.